The van der Waals surface area contributed by atoms with Gasteiger partial charge in [-0.25, -0.2) is 0 Å². The third-order valence-corrected chi connectivity index (χ3v) is 5.67. The van der Waals surface area contributed by atoms with E-state index in [2.05, 4.69) is 42.5 Å². The number of benzene rings is 3. The average Bonchev–Trinajstić information content (AvgIpc) is 2.69. The van der Waals surface area contributed by atoms with Crippen molar-refractivity contribution in [1.29, 1.82) is 0 Å². The van der Waals surface area contributed by atoms with Crippen LogP contribution in [0.5, 0.6) is 0 Å². The number of anilines is 1. The summed E-state index contributed by atoms with van der Waals surface area (Å²) in [5, 5.41) is 0.705. The molecule has 0 spiro atoms. The normalized spacial score (nSPS) is 13.3. The van der Waals surface area contributed by atoms with Gasteiger partial charge < -0.3 is 10.6 Å². The van der Waals surface area contributed by atoms with E-state index >= 15 is 0 Å². The van der Waals surface area contributed by atoms with Crippen LogP contribution in [0, 0.1) is 0 Å². The number of fused-ring (bicyclic) bond motifs is 2. The molecule has 0 aromatic heterocycles. The smallest absolute Gasteiger partial charge is 0.224 e. The lowest BCUT2D eigenvalue weighted by molar-refractivity contribution is -0.116. The summed E-state index contributed by atoms with van der Waals surface area (Å²) < 4.78 is 0. The Kier molecular flexibility index (Phi) is 5.21. The second-order valence-corrected chi connectivity index (χ2v) is 7.70. The van der Waals surface area contributed by atoms with Crippen LogP contribution in [0.3, 0.4) is 0 Å². The van der Waals surface area contributed by atoms with Crippen LogP contribution in [0.2, 0.25) is 5.02 Å². The molecule has 0 unspecified atom stereocenters. The van der Waals surface area contributed by atoms with Gasteiger partial charge >= 0.3 is 0 Å². The third kappa shape index (κ3) is 3.68. The first-order valence-electron chi connectivity index (χ1n) is 9.53. The molecule has 1 aliphatic heterocycles. The maximum atomic E-state index is 12.4. The Bertz CT molecular complexity index is 1030. The van der Waals surface area contributed by atoms with E-state index in [1.54, 1.807) is 6.92 Å². The fraction of sp³-hybridized carbons (Fsp3) is 0.208. The van der Waals surface area contributed by atoms with Crippen molar-refractivity contribution in [2.75, 3.05) is 4.90 Å². The molecular formula is C24H23ClN2O. The molecular weight excluding hydrogens is 368 g/mol. The summed E-state index contributed by atoms with van der Waals surface area (Å²) in [6.07, 6.45) is 1.77. The fourth-order valence-corrected chi connectivity index (χ4v) is 4.04. The molecule has 4 heteroatoms. The van der Waals surface area contributed by atoms with Crippen LogP contribution in [-0.2, 0) is 30.7 Å². The van der Waals surface area contributed by atoms with Crippen molar-refractivity contribution in [3.8, 4) is 11.1 Å². The number of carbonyl (C=O) groups excluding carboxylic acids is 1. The second kappa shape index (κ2) is 7.78. The van der Waals surface area contributed by atoms with E-state index in [-0.39, 0.29) is 5.91 Å². The number of aryl methyl sites for hydroxylation is 2. The number of hydrogen-bond acceptors (Lipinski definition) is 2. The summed E-state index contributed by atoms with van der Waals surface area (Å²) in [5.41, 5.74) is 13.7. The molecule has 1 amide bonds. The molecule has 1 aliphatic rings. The minimum Gasteiger partial charge on any atom is -0.326 e. The van der Waals surface area contributed by atoms with Gasteiger partial charge in [-0.2, -0.15) is 0 Å². The molecule has 0 saturated heterocycles. The number of hydrogen-bond donors (Lipinski definition) is 1. The van der Waals surface area contributed by atoms with Gasteiger partial charge in [0, 0.05) is 24.2 Å². The van der Waals surface area contributed by atoms with Gasteiger partial charge in [0.25, 0.3) is 0 Å². The van der Waals surface area contributed by atoms with Gasteiger partial charge in [-0.05, 0) is 64.4 Å². The van der Waals surface area contributed by atoms with Crippen molar-refractivity contribution in [3.63, 3.8) is 0 Å². The summed E-state index contributed by atoms with van der Waals surface area (Å²) in [7, 11) is 0. The van der Waals surface area contributed by atoms with Gasteiger partial charge in [0.15, 0.2) is 0 Å². The Morgan fingerprint density at radius 3 is 2.36 bits per heavy atom. The molecule has 2 N–H and O–H groups in total. The fourth-order valence-electron chi connectivity index (χ4n) is 3.85. The molecule has 28 heavy (non-hydrogen) atoms. The van der Waals surface area contributed by atoms with Crippen molar-refractivity contribution in [1.82, 2.24) is 0 Å². The van der Waals surface area contributed by atoms with E-state index in [4.69, 9.17) is 17.3 Å². The molecule has 0 aliphatic carbocycles. The third-order valence-electron chi connectivity index (χ3n) is 5.43. The molecule has 0 atom stereocenters. The lowest BCUT2D eigenvalue weighted by Crippen LogP contribution is -2.30. The topological polar surface area (TPSA) is 46.3 Å². The number of carbonyl (C=O) groups is 1. The Morgan fingerprint density at radius 2 is 1.64 bits per heavy atom. The number of nitrogens with two attached hydrogens (primary N) is 1. The summed E-state index contributed by atoms with van der Waals surface area (Å²) in [4.78, 5) is 14.2. The van der Waals surface area contributed by atoms with Gasteiger partial charge in [-0.15, -0.1) is 0 Å². The first-order chi connectivity index (χ1) is 13.5. The molecule has 0 radical (unpaired) electrons. The largest absolute Gasteiger partial charge is 0.326 e. The minimum atomic E-state index is 0.0397. The molecule has 4 rings (SSSR count). The zero-order valence-electron chi connectivity index (χ0n) is 15.9. The molecule has 3 nitrogen and oxygen atoms in total. The summed E-state index contributed by atoms with van der Waals surface area (Å²) in [6, 6.07) is 20.7. The molecule has 0 bridgehead atoms. The van der Waals surface area contributed by atoms with Gasteiger partial charge in [0.2, 0.25) is 5.91 Å². The number of amides is 1. The molecule has 0 saturated carbocycles. The lowest BCUT2D eigenvalue weighted by Gasteiger charge is -2.28. The zero-order valence-corrected chi connectivity index (χ0v) is 16.7. The Morgan fingerprint density at radius 1 is 0.929 bits per heavy atom. The van der Waals surface area contributed by atoms with Crippen molar-refractivity contribution in [2.45, 2.75) is 32.9 Å². The van der Waals surface area contributed by atoms with E-state index in [1.807, 2.05) is 23.1 Å². The minimum absolute atomic E-state index is 0.0397. The van der Waals surface area contributed by atoms with Crippen molar-refractivity contribution in [2.24, 2.45) is 5.73 Å². The Balaban J connectivity index is 1.73. The number of nitrogens with zero attached hydrogens (tertiary/aromatic N) is 1. The Hall–Kier alpha value is -2.62. The Labute approximate surface area is 170 Å². The van der Waals surface area contributed by atoms with E-state index in [1.165, 1.54) is 22.3 Å². The molecule has 3 aromatic rings. The quantitative estimate of drug-likeness (QED) is 0.660. The molecule has 142 valence electrons. The number of rotatable bonds is 2. The standard InChI is InChI=1S/C24H23ClN2O/c1-16(28)27-15-22-9-7-19(18-4-2-17(14-26)3-5-18)12-20(22)6-8-21-13-23(25)10-11-24(21)27/h2-5,7,9-13H,6,8,14-15,26H2,1H3. The van der Waals surface area contributed by atoms with Crippen LogP contribution < -0.4 is 10.6 Å². The molecule has 1 heterocycles. The summed E-state index contributed by atoms with van der Waals surface area (Å²) in [6.45, 7) is 2.74. The predicted octanol–water partition coefficient (Wildman–Crippen LogP) is 5.12. The monoisotopic (exact) mass is 390 g/mol. The van der Waals surface area contributed by atoms with Crippen LogP contribution in [0.15, 0.2) is 60.7 Å². The second-order valence-electron chi connectivity index (χ2n) is 7.26. The molecule has 0 fully saturated rings. The van der Waals surface area contributed by atoms with Crippen LogP contribution in [0.25, 0.3) is 11.1 Å². The van der Waals surface area contributed by atoms with Crippen molar-refractivity contribution < 1.29 is 4.79 Å². The first-order valence-corrected chi connectivity index (χ1v) is 9.90. The highest BCUT2D eigenvalue weighted by molar-refractivity contribution is 6.30. The average molecular weight is 391 g/mol. The highest BCUT2D eigenvalue weighted by atomic mass is 35.5. The number of halogens is 1. The first kappa shape index (κ1) is 18.7. The summed E-state index contributed by atoms with van der Waals surface area (Å²) >= 11 is 6.22. The van der Waals surface area contributed by atoms with Crippen LogP contribution in [0.1, 0.15) is 29.2 Å². The predicted molar refractivity (Wildman–Crippen MR) is 115 cm³/mol. The molecule has 3 aromatic carbocycles. The maximum Gasteiger partial charge on any atom is 0.224 e. The van der Waals surface area contributed by atoms with Gasteiger partial charge in [-0.1, -0.05) is 54.1 Å². The summed E-state index contributed by atoms with van der Waals surface area (Å²) in [5.74, 6) is 0.0397. The van der Waals surface area contributed by atoms with E-state index in [9.17, 15) is 4.79 Å². The highest BCUT2D eigenvalue weighted by Gasteiger charge is 2.21. The lowest BCUT2D eigenvalue weighted by atomic mass is 9.92. The van der Waals surface area contributed by atoms with Crippen LogP contribution >= 0.6 is 11.6 Å². The van der Waals surface area contributed by atoms with E-state index < -0.39 is 0 Å². The van der Waals surface area contributed by atoms with Crippen LogP contribution in [-0.4, -0.2) is 5.91 Å². The van der Waals surface area contributed by atoms with Gasteiger partial charge in [0.1, 0.15) is 0 Å². The van der Waals surface area contributed by atoms with Crippen LogP contribution in [0.4, 0.5) is 5.69 Å². The maximum absolute atomic E-state index is 12.4. The van der Waals surface area contributed by atoms with Crippen molar-refractivity contribution in [3.05, 3.63) is 87.9 Å². The SMILES string of the molecule is CC(=O)N1Cc2ccc(-c3ccc(CN)cc3)cc2CCc2cc(Cl)ccc21. The van der Waals surface area contributed by atoms with E-state index in [0.717, 1.165) is 29.7 Å². The van der Waals surface area contributed by atoms with E-state index in [0.29, 0.717) is 18.1 Å². The zero-order chi connectivity index (χ0) is 19.7. The van der Waals surface area contributed by atoms with Gasteiger partial charge in [-0.3, -0.25) is 4.79 Å². The highest BCUT2D eigenvalue weighted by Crippen LogP contribution is 2.32. The van der Waals surface area contributed by atoms with Crippen molar-refractivity contribution >= 4 is 23.2 Å². The van der Waals surface area contributed by atoms with Gasteiger partial charge in [0.05, 0.1) is 6.54 Å².